The third-order valence-electron chi connectivity index (χ3n) is 4.94. The number of nitrogens with zero attached hydrogens (tertiary/aromatic N) is 2. The highest BCUT2D eigenvalue weighted by Crippen LogP contribution is 2.19. The summed E-state index contributed by atoms with van der Waals surface area (Å²) in [5.74, 6) is 1.51. The summed E-state index contributed by atoms with van der Waals surface area (Å²) in [6.07, 6.45) is 3.58. The van der Waals surface area contributed by atoms with Crippen LogP contribution in [0.3, 0.4) is 0 Å². The van der Waals surface area contributed by atoms with Gasteiger partial charge in [-0.15, -0.1) is 0 Å². The number of hydrogen-bond acceptors (Lipinski definition) is 3. The summed E-state index contributed by atoms with van der Waals surface area (Å²) in [5.41, 5.74) is 0. The molecule has 0 saturated carbocycles. The molecule has 0 bridgehead atoms. The van der Waals surface area contributed by atoms with E-state index >= 15 is 0 Å². The van der Waals surface area contributed by atoms with Crippen LogP contribution in [0.15, 0.2) is 29.3 Å². The van der Waals surface area contributed by atoms with E-state index in [2.05, 4.69) is 27.4 Å². The van der Waals surface area contributed by atoms with Crippen LogP contribution in [0.1, 0.15) is 33.1 Å². The lowest BCUT2D eigenvalue weighted by Crippen LogP contribution is -2.42. The van der Waals surface area contributed by atoms with Gasteiger partial charge < -0.3 is 20.3 Å². The Morgan fingerprint density at radius 1 is 1.31 bits per heavy atom. The number of para-hydroxylation sites is 1. The molecule has 1 heterocycles. The topological polar surface area (TPSA) is 48.9 Å². The predicted molar refractivity (Wildman–Crippen MR) is 105 cm³/mol. The molecule has 6 heteroatoms. The molecule has 1 unspecified atom stereocenters. The molecule has 1 aromatic rings. The summed E-state index contributed by atoms with van der Waals surface area (Å²) >= 11 is 0. The molecule has 2 N–H and O–H groups in total. The average Bonchev–Trinajstić information content (AvgIpc) is 2.67. The molecule has 0 aromatic heterocycles. The first-order chi connectivity index (χ1) is 12.6. The van der Waals surface area contributed by atoms with Crippen molar-refractivity contribution < 1.29 is 9.13 Å². The maximum absolute atomic E-state index is 13.6. The minimum absolute atomic E-state index is 0.163. The van der Waals surface area contributed by atoms with Crippen molar-refractivity contribution in [3.05, 3.63) is 30.1 Å². The Morgan fingerprint density at radius 3 is 2.69 bits per heavy atom. The van der Waals surface area contributed by atoms with Gasteiger partial charge in [-0.1, -0.05) is 19.1 Å². The van der Waals surface area contributed by atoms with Crippen LogP contribution in [0, 0.1) is 11.7 Å². The van der Waals surface area contributed by atoms with Crippen LogP contribution in [0.5, 0.6) is 5.75 Å². The van der Waals surface area contributed by atoms with E-state index < -0.39 is 0 Å². The fourth-order valence-corrected chi connectivity index (χ4v) is 3.25. The first-order valence-electron chi connectivity index (χ1n) is 9.70. The highest BCUT2D eigenvalue weighted by molar-refractivity contribution is 5.79. The van der Waals surface area contributed by atoms with E-state index in [0.29, 0.717) is 6.54 Å². The highest BCUT2D eigenvalue weighted by atomic mass is 19.1. The summed E-state index contributed by atoms with van der Waals surface area (Å²) < 4.78 is 19.3. The Labute approximate surface area is 157 Å². The van der Waals surface area contributed by atoms with Crippen molar-refractivity contribution in [1.82, 2.24) is 15.5 Å². The standard InChI is InChI=1S/C20H33FN4O/c1-4-25-13-10-17(11-14-25)9-12-23-20(22-3)24-15-16(2)26-19-8-6-5-7-18(19)21/h5-8,16-17H,4,9-15H2,1-3H3,(H2,22,23,24). The zero-order valence-corrected chi connectivity index (χ0v) is 16.3. The van der Waals surface area contributed by atoms with Crippen molar-refractivity contribution in [3.63, 3.8) is 0 Å². The molecule has 26 heavy (non-hydrogen) atoms. The number of nitrogens with one attached hydrogen (secondary N) is 2. The van der Waals surface area contributed by atoms with E-state index in [-0.39, 0.29) is 17.7 Å². The lowest BCUT2D eigenvalue weighted by Gasteiger charge is -2.31. The minimum Gasteiger partial charge on any atom is -0.486 e. The number of benzene rings is 1. The molecule has 5 nitrogen and oxygen atoms in total. The monoisotopic (exact) mass is 364 g/mol. The number of likely N-dealkylation sites (tertiary alicyclic amines) is 1. The third kappa shape index (κ3) is 6.83. The SMILES string of the molecule is CCN1CCC(CCNC(=NC)NCC(C)Oc2ccccc2F)CC1. The Morgan fingerprint density at radius 2 is 2.04 bits per heavy atom. The van der Waals surface area contributed by atoms with Crippen LogP contribution in [0.25, 0.3) is 0 Å². The molecule has 1 aromatic carbocycles. The first kappa shape index (κ1) is 20.5. The van der Waals surface area contributed by atoms with E-state index in [9.17, 15) is 4.39 Å². The number of aliphatic imine (C=N–C) groups is 1. The Balaban J connectivity index is 1.64. The zero-order valence-electron chi connectivity index (χ0n) is 16.3. The summed E-state index contributed by atoms with van der Waals surface area (Å²) in [7, 11) is 1.76. The van der Waals surface area contributed by atoms with Crippen LogP contribution in [0.2, 0.25) is 0 Å². The highest BCUT2D eigenvalue weighted by Gasteiger charge is 2.17. The number of piperidine rings is 1. The largest absolute Gasteiger partial charge is 0.486 e. The van der Waals surface area contributed by atoms with Crippen molar-refractivity contribution >= 4 is 5.96 Å². The fraction of sp³-hybridized carbons (Fsp3) is 0.650. The lowest BCUT2D eigenvalue weighted by molar-refractivity contribution is 0.187. The molecule has 0 radical (unpaired) electrons. The molecule has 0 spiro atoms. The van der Waals surface area contributed by atoms with E-state index in [1.165, 1.54) is 38.4 Å². The van der Waals surface area contributed by atoms with Crippen LogP contribution < -0.4 is 15.4 Å². The Kier molecular flexibility index (Phi) is 8.68. The molecule has 1 aliphatic heterocycles. The maximum atomic E-state index is 13.6. The van der Waals surface area contributed by atoms with Gasteiger partial charge in [-0.25, -0.2) is 4.39 Å². The molecule has 146 valence electrons. The van der Waals surface area contributed by atoms with E-state index in [1.807, 2.05) is 6.92 Å². The van der Waals surface area contributed by atoms with Crippen molar-refractivity contribution in [2.24, 2.45) is 10.9 Å². The maximum Gasteiger partial charge on any atom is 0.191 e. The second-order valence-electron chi connectivity index (χ2n) is 6.91. The fourth-order valence-electron chi connectivity index (χ4n) is 3.25. The van der Waals surface area contributed by atoms with Crippen LogP contribution in [-0.4, -0.2) is 56.7 Å². The number of halogens is 1. The van der Waals surface area contributed by atoms with Crippen molar-refractivity contribution in [2.75, 3.05) is 39.8 Å². The molecule has 0 amide bonds. The molecular weight excluding hydrogens is 331 g/mol. The minimum atomic E-state index is -0.337. The second-order valence-corrected chi connectivity index (χ2v) is 6.91. The zero-order chi connectivity index (χ0) is 18.8. The number of ether oxygens (including phenoxy) is 1. The van der Waals surface area contributed by atoms with Gasteiger partial charge in [-0.3, -0.25) is 4.99 Å². The Bertz CT molecular complexity index is 558. The smallest absolute Gasteiger partial charge is 0.191 e. The van der Waals surface area contributed by atoms with Gasteiger partial charge in [0.1, 0.15) is 6.10 Å². The van der Waals surface area contributed by atoms with Crippen LogP contribution >= 0.6 is 0 Å². The van der Waals surface area contributed by atoms with Gasteiger partial charge in [0.15, 0.2) is 17.5 Å². The van der Waals surface area contributed by atoms with Gasteiger partial charge in [0.25, 0.3) is 0 Å². The quantitative estimate of drug-likeness (QED) is 0.550. The van der Waals surface area contributed by atoms with Crippen molar-refractivity contribution in [2.45, 2.75) is 39.2 Å². The molecule has 1 fully saturated rings. The molecule has 1 aliphatic rings. The number of rotatable bonds is 8. The average molecular weight is 365 g/mol. The summed E-state index contributed by atoms with van der Waals surface area (Å²) in [4.78, 5) is 6.76. The van der Waals surface area contributed by atoms with E-state index in [1.54, 1.807) is 25.2 Å². The molecule has 1 saturated heterocycles. The Hall–Kier alpha value is -1.82. The van der Waals surface area contributed by atoms with Gasteiger partial charge in [0.05, 0.1) is 6.54 Å². The molecular formula is C20H33FN4O. The van der Waals surface area contributed by atoms with Crippen molar-refractivity contribution in [1.29, 1.82) is 0 Å². The molecule has 0 aliphatic carbocycles. The summed E-state index contributed by atoms with van der Waals surface area (Å²) in [6.45, 7) is 9.22. The van der Waals surface area contributed by atoms with Gasteiger partial charge >= 0.3 is 0 Å². The van der Waals surface area contributed by atoms with Crippen LogP contribution in [0.4, 0.5) is 4.39 Å². The normalized spacial score (nSPS) is 17.8. The molecule has 1 atom stereocenters. The second kappa shape index (κ2) is 11.0. The van der Waals surface area contributed by atoms with Gasteiger partial charge in [0, 0.05) is 13.6 Å². The van der Waals surface area contributed by atoms with E-state index in [0.717, 1.165) is 25.0 Å². The molecule has 2 rings (SSSR count). The summed E-state index contributed by atoms with van der Waals surface area (Å²) in [5, 5.41) is 6.61. The van der Waals surface area contributed by atoms with Crippen LogP contribution in [-0.2, 0) is 0 Å². The van der Waals surface area contributed by atoms with Gasteiger partial charge in [-0.05, 0) is 63.9 Å². The number of guanidine groups is 1. The first-order valence-corrected chi connectivity index (χ1v) is 9.70. The van der Waals surface area contributed by atoms with Crippen molar-refractivity contribution in [3.8, 4) is 5.75 Å². The predicted octanol–water partition coefficient (Wildman–Crippen LogP) is 2.88. The lowest BCUT2D eigenvalue weighted by atomic mass is 9.93. The third-order valence-corrected chi connectivity index (χ3v) is 4.94. The van der Waals surface area contributed by atoms with Gasteiger partial charge in [0.2, 0.25) is 0 Å². The summed E-state index contributed by atoms with van der Waals surface area (Å²) in [6, 6.07) is 6.47. The van der Waals surface area contributed by atoms with Gasteiger partial charge in [-0.2, -0.15) is 0 Å². The van der Waals surface area contributed by atoms with E-state index in [4.69, 9.17) is 4.74 Å². The number of hydrogen-bond donors (Lipinski definition) is 2.